The van der Waals surface area contributed by atoms with Crippen molar-refractivity contribution in [2.45, 2.75) is 25.7 Å². The first-order chi connectivity index (χ1) is 8.37. The minimum Gasteiger partial charge on any atom is -0.481 e. The lowest BCUT2D eigenvalue weighted by atomic mass is 9.85. The van der Waals surface area contributed by atoms with Crippen molar-refractivity contribution >= 4 is 17.6 Å². The molecule has 0 aliphatic rings. The Bertz CT molecular complexity index is 498. The van der Waals surface area contributed by atoms with Crippen LogP contribution in [0.4, 0.5) is 5.69 Å². The summed E-state index contributed by atoms with van der Waals surface area (Å²) in [4.78, 5) is 22.2. The molecule has 5 heteroatoms. The molecule has 1 aromatic carbocycles. The van der Waals surface area contributed by atoms with Gasteiger partial charge in [0, 0.05) is 5.69 Å². The van der Waals surface area contributed by atoms with E-state index in [1.165, 1.54) is 0 Å². The molecule has 0 saturated heterocycles. The van der Waals surface area contributed by atoms with Crippen molar-refractivity contribution in [2.24, 2.45) is 0 Å². The highest BCUT2D eigenvalue weighted by Crippen LogP contribution is 2.24. The van der Waals surface area contributed by atoms with Crippen molar-refractivity contribution in [1.29, 1.82) is 5.26 Å². The maximum atomic E-state index is 11.2. The predicted octanol–water partition coefficient (Wildman–Crippen LogP) is 1.90. The summed E-state index contributed by atoms with van der Waals surface area (Å²) in [7, 11) is 0. The van der Waals surface area contributed by atoms with Crippen LogP contribution in [0.25, 0.3) is 0 Å². The van der Waals surface area contributed by atoms with Gasteiger partial charge in [0.15, 0.2) is 0 Å². The summed E-state index contributed by atoms with van der Waals surface area (Å²) in [5.41, 5.74) is 0.211. The third-order valence-corrected chi connectivity index (χ3v) is 2.66. The Balaban J connectivity index is 2.84. The van der Waals surface area contributed by atoms with Gasteiger partial charge in [0.25, 0.3) is 0 Å². The molecule has 5 nitrogen and oxygen atoms in total. The number of carboxylic acids is 1. The average molecular weight is 246 g/mol. The van der Waals surface area contributed by atoms with Gasteiger partial charge in [-0.3, -0.25) is 9.59 Å². The summed E-state index contributed by atoms with van der Waals surface area (Å²) in [6.07, 6.45) is -0.206. The van der Waals surface area contributed by atoms with E-state index in [4.69, 9.17) is 10.4 Å². The predicted molar refractivity (Wildman–Crippen MR) is 66.0 cm³/mol. The molecule has 18 heavy (non-hydrogen) atoms. The van der Waals surface area contributed by atoms with Gasteiger partial charge in [0.2, 0.25) is 5.91 Å². The number of nitrogens with zero attached hydrogens (tertiary/aromatic N) is 1. The van der Waals surface area contributed by atoms with Crippen molar-refractivity contribution in [3.8, 4) is 6.07 Å². The molecule has 0 spiro atoms. The molecule has 1 amide bonds. The molecule has 0 radical (unpaired) electrons. The van der Waals surface area contributed by atoms with Gasteiger partial charge in [-0.1, -0.05) is 12.1 Å². The molecule has 94 valence electrons. The van der Waals surface area contributed by atoms with E-state index in [0.717, 1.165) is 0 Å². The minimum absolute atomic E-state index is 0.206. The molecule has 0 fully saturated rings. The van der Waals surface area contributed by atoms with Crippen molar-refractivity contribution in [2.75, 3.05) is 5.32 Å². The quantitative estimate of drug-likeness (QED) is 0.848. The minimum atomic E-state index is -0.977. The van der Waals surface area contributed by atoms with E-state index >= 15 is 0 Å². The Morgan fingerprint density at radius 3 is 2.33 bits per heavy atom. The van der Waals surface area contributed by atoms with Crippen molar-refractivity contribution in [1.82, 2.24) is 0 Å². The van der Waals surface area contributed by atoms with Crippen LogP contribution in [0.5, 0.6) is 0 Å². The summed E-state index contributed by atoms with van der Waals surface area (Å²) in [6, 6.07) is 8.29. The van der Waals surface area contributed by atoms with E-state index in [-0.39, 0.29) is 12.3 Å². The van der Waals surface area contributed by atoms with E-state index in [0.29, 0.717) is 11.3 Å². The zero-order valence-electron chi connectivity index (χ0n) is 10.2. The van der Waals surface area contributed by atoms with Gasteiger partial charge in [-0.2, -0.15) is 5.26 Å². The van der Waals surface area contributed by atoms with E-state index in [1.54, 1.807) is 44.2 Å². The first-order valence-electron chi connectivity index (χ1n) is 5.38. The second-order valence-corrected chi connectivity index (χ2v) is 4.39. The van der Waals surface area contributed by atoms with Crippen molar-refractivity contribution < 1.29 is 14.7 Å². The number of amides is 1. The fourth-order valence-corrected chi connectivity index (χ4v) is 1.37. The highest BCUT2D eigenvalue weighted by atomic mass is 16.4. The molecule has 0 heterocycles. The maximum absolute atomic E-state index is 11.2. The number of nitriles is 1. The fourth-order valence-electron chi connectivity index (χ4n) is 1.37. The third-order valence-electron chi connectivity index (χ3n) is 2.66. The maximum Gasteiger partial charge on any atom is 0.313 e. The van der Waals surface area contributed by atoms with Gasteiger partial charge < -0.3 is 10.4 Å². The van der Waals surface area contributed by atoms with Crippen LogP contribution in [0.15, 0.2) is 24.3 Å². The summed E-state index contributed by atoms with van der Waals surface area (Å²) in [5.74, 6) is -1.30. The molecule has 0 aromatic heterocycles. The zero-order valence-corrected chi connectivity index (χ0v) is 10.2. The summed E-state index contributed by atoms with van der Waals surface area (Å²) in [6.45, 7) is 3.22. The van der Waals surface area contributed by atoms with Gasteiger partial charge in [0.1, 0.15) is 6.42 Å². The standard InChI is InChI=1S/C13H14N2O3/c1-13(2,12(17)18)9-3-5-10(6-4-9)15-11(16)7-8-14/h3-6H,7H2,1-2H3,(H,15,16)(H,17,18). The second kappa shape index (κ2) is 5.32. The summed E-state index contributed by atoms with van der Waals surface area (Å²) < 4.78 is 0. The number of anilines is 1. The number of carboxylic acid groups (broad SMARTS) is 1. The number of rotatable bonds is 4. The smallest absolute Gasteiger partial charge is 0.313 e. The number of carbonyl (C=O) groups excluding carboxylic acids is 1. The largest absolute Gasteiger partial charge is 0.481 e. The van der Waals surface area contributed by atoms with Gasteiger partial charge in [-0.25, -0.2) is 0 Å². The Morgan fingerprint density at radius 1 is 1.33 bits per heavy atom. The van der Waals surface area contributed by atoms with Crippen molar-refractivity contribution in [3.63, 3.8) is 0 Å². The first-order valence-corrected chi connectivity index (χ1v) is 5.38. The van der Waals surface area contributed by atoms with Gasteiger partial charge in [-0.15, -0.1) is 0 Å². The van der Waals surface area contributed by atoms with Crippen LogP contribution in [-0.2, 0) is 15.0 Å². The highest BCUT2D eigenvalue weighted by molar-refractivity contribution is 5.92. The third kappa shape index (κ3) is 3.08. The monoisotopic (exact) mass is 246 g/mol. The van der Waals surface area contributed by atoms with Crippen LogP contribution in [0.2, 0.25) is 0 Å². The summed E-state index contributed by atoms with van der Waals surface area (Å²) >= 11 is 0. The van der Waals surface area contributed by atoms with Crippen LogP contribution >= 0.6 is 0 Å². The molecular weight excluding hydrogens is 232 g/mol. The Labute approximate surface area is 105 Å². The fraction of sp³-hybridized carbons (Fsp3) is 0.308. The second-order valence-electron chi connectivity index (χ2n) is 4.39. The highest BCUT2D eigenvalue weighted by Gasteiger charge is 2.29. The molecule has 2 N–H and O–H groups in total. The molecule has 1 aromatic rings. The molecule has 1 rings (SSSR count). The molecule has 0 aliphatic carbocycles. The molecule has 0 bridgehead atoms. The van der Waals surface area contributed by atoms with Crippen LogP contribution in [0.1, 0.15) is 25.8 Å². The number of nitrogens with one attached hydrogen (secondary N) is 1. The van der Waals surface area contributed by atoms with Crippen LogP contribution < -0.4 is 5.32 Å². The number of aliphatic carboxylic acids is 1. The van der Waals surface area contributed by atoms with E-state index in [2.05, 4.69) is 5.32 Å². The lowest BCUT2D eigenvalue weighted by Gasteiger charge is -2.19. The van der Waals surface area contributed by atoms with Crippen LogP contribution in [0.3, 0.4) is 0 Å². The first kappa shape index (κ1) is 13.7. The molecule has 0 aliphatic heterocycles. The molecular formula is C13H14N2O3. The van der Waals surface area contributed by atoms with Gasteiger partial charge in [-0.05, 0) is 31.5 Å². The number of benzene rings is 1. The topological polar surface area (TPSA) is 90.2 Å². The normalized spacial score (nSPS) is 10.5. The average Bonchev–Trinajstić information content (AvgIpc) is 2.29. The van der Waals surface area contributed by atoms with E-state index < -0.39 is 11.4 Å². The molecule has 0 unspecified atom stereocenters. The summed E-state index contributed by atoms with van der Waals surface area (Å²) in [5, 5.41) is 20.0. The van der Waals surface area contributed by atoms with Gasteiger partial charge in [0.05, 0.1) is 11.5 Å². The molecule has 0 saturated carbocycles. The van der Waals surface area contributed by atoms with Gasteiger partial charge >= 0.3 is 5.97 Å². The Kier molecular flexibility index (Phi) is 4.05. The number of hydrogen-bond donors (Lipinski definition) is 2. The lowest BCUT2D eigenvalue weighted by molar-refractivity contribution is -0.142. The number of carbonyl (C=O) groups is 2. The Morgan fingerprint density at radius 2 is 1.89 bits per heavy atom. The molecule has 0 atom stereocenters. The van der Waals surface area contributed by atoms with Crippen molar-refractivity contribution in [3.05, 3.63) is 29.8 Å². The van der Waals surface area contributed by atoms with E-state index in [9.17, 15) is 9.59 Å². The van der Waals surface area contributed by atoms with Crippen LogP contribution in [0, 0.1) is 11.3 Å². The Hall–Kier alpha value is -2.35. The lowest BCUT2D eigenvalue weighted by Crippen LogP contribution is -2.28. The van der Waals surface area contributed by atoms with E-state index in [1.807, 2.05) is 0 Å². The zero-order chi connectivity index (χ0) is 13.8. The van der Waals surface area contributed by atoms with Crippen LogP contribution in [-0.4, -0.2) is 17.0 Å². The SMILES string of the molecule is CC(C)(C(=O)O)c1ccc(NC(=O)CC#N)cc1. The number of hydrogen-bond acceptors (Lipinski definition) is 3.